The number of nitrogens with one attached hydrogen (secondary N) is 1. The lowest BCUT2D eigenvalue weighted by Crippen LogP contribution is -2.28. The fraction of sp³-hybridized carbons (Fsp3) is 0.733. The molecule has 1 aliphatic rings. The van der Waals surface area contributed by atoms with Crippen LogP contribution in [0.25, 0.3) is 0 Å². The number of carbonyl (C=O) groups is 1. The molecular weight excluding hydrogens is 272 g/mol. The van der Waals surface area contributed by atoms with Gasteiger partial charge in [-0.1, -0.05) is 26.2 Å². The smallest absolute Gasteiger partial charge is 0.311 e. The third-order valence-electron chi connectivity index (χ3n) is 3.91. The predicted molar refractivity (Wildman–Crippen MR) is 82.1 cm³/mol. The Kier molecular flexibility index (Phi) is 5.40. The van der Waals surface area contributed by atoms with E-state index in [0.717, 1.165) is 17.4 Å². The van der Waals surface area contributed by atoms with Gasteiger partial charge in [-0.2, -0.15) is 0 Å². The molecule has 0 amide bonds. The van der Waals surface area contributed by atoms with E-state index < -0.39 is 0 Å². The second kappa shape index (κ2) is 7.07. The van der Waals surface area contributed by atoms with Crippen molar-refractivity contribution in [3.8, 4) is 0 Å². The summed E-state index contributed by atoms with van der Waals surface area (Å²) in [4.78, 5) is 15.9. The second-order valence-electron chi connectivity index (χ2n) is 5.85. The van der Waals surface area contributed by atoms with E-state index in [4.69, 9.17) is 4.74 Å². The first-order valence-electron chi connectivity index (χ1n) is 7.45. The molecule has 1 aromatic heterocycles. The monoisotopic (exact) mass is 296 g/mol. The molecule has 0 spiro atoms. The summed E-state index contributed by atoms with van der Waals surface area (Å²) in [6.07, 6.45) is 6.90. The van der Waals surface area contributed by atoms with Crippen LogP contribution in [0.4, 0.5) is 5.13 Å². The van der Waals surface area contributed by atoms with E-state index in [1.54, 1.807) is 11.3 Å². The van der Waals surface area contributed by atoms with Crippen molar-refractivity contribution in [3.63, 3.8) is 0 Å². The number of rotatable bonds is 6. The summed E-state index contributed by atoms with van der Waals surface area (Å²) >= 11 is 1.57. The molecule has 5 heteroatoms. The Morgan fingerprint density at radius 2 is 2.20 bits per heavy atom. The molecule has 1 heterocycles. The van der Waals surface area contributed by atoms with E-state index in [-0.39, 0.29) is 12.4 Å². The first-order valence-corrected chi connectivity index (χ1v) is 8.33. The maximum Gasteiger partial charge on any atom is 0.311 e. The molecule has 1 saturated carbocycles. The van der Waals surface area contributed by atoms with Gasteiger partial charge in [0.05, 0.1) is 18.7 Å². The molecule has 0 unspecified atom stereocenters. The minimum absolute atomic E-state index is 0.205. The van der Waals surface area contributed by atoms with Crippen LogP contribution in [-0.2, 0) is 16.0 Å². The van der Waals surface area contributed by atoms with E-state index in [9.17, 15) is 4.79 Å². The van der Waals surface area contributed by atoms with Crippen LogP contribution in [0.2, 0.25) is 0 Å². The number of aromatic nitrogens is 1. The lowest BCUT2D eigenvalue weighted by molar-refractivity contribution is -0.142. The number of anilines is 1. The molecule has 1 fully saturated rings. The molecule has 0 atom stereocenters. The number of ether oxygens (including phenoxy) is 1. The molecule has 1 aliphatic carbocycles. The third-order valence-corrected chi connectivity index (χ3v) is 4.76. The van der Waals surface area contributed by atoms with E-state index in [2.05, 4.69) is 17.2 Å². The van der Waals surface area contributed by atoms with Gasteiger partial charge in [0, 0.05) is 11.9 Å². The van der Waals surface area contributed by atoms with Crippen molar-refractivity contribution in [2.24, 2.45) is 5.41 Å². The van der Waals surface area contributed by atoms with Crippen molar-refractivity contribution in [2.45, 2.75) is 52.4 Å². The van der Waals surface area contributed by atoms with Gasteiger partial charge in [0.15, 0.2) is 5.13 Å². The number of carbonyl (C=O) groups excluding carboxylic acids is 1. The Balaban J connectivity index is 1.81. The lowest BCUT2D eigenvalue weighted by atomic mass is 9.76. The van der Waals surface area contributed by atoms with Gasteiger partial charge in [0.25, 0.3) is 0 Å². The first-order chi connectivity index (χ1) is 9.61. The molecule has 0 aliphatic heterocycles. The number of nitrogens with zero attached hydrogens (tertiary/aromatic N) is 1. The standard InChI is InChI=1S/C15H24N2O2S/c1-3-19-13(18)9-12-10-20-14(17-12)16-11-15(2)7-5-4-6-8-15/h10H,3-9,11H2,1-2H3,(H,16,17). The number of hydrogen-bond donors (Lipinski definition) is 1. The van der Waals surface area contributed by atoms with Gasteiger partial charge in [0.1, 0.15) is 0 Å². The Bertz CT molecular complexity index is 439. The van der Waals surface area contributed by atoms with Crippen molar-refractivity contribution >= 4 is 22.4 Å². The minimum Gasteiger partial charge on any atom is -0.466 e. The Hall–Kier alpha value is -1.10. The van der Waals surface area contributed by atoms with Crippen LogP contribution in [0, 0.1) is 5.41 Å². The molecule has 112 valence electrons. The van der Waals surface area contributed by atoms with Crippen molar-refractivity contribution in [3.05, 3.63) is 11.1 Å². The van der Waals surface area contributed by atoms with Crippen molar-refractivity contribution in [1.82, 2.24) is 4.98 Å². The highest BCUT2D eigenvalue weighted by molar-refractivity contribution is 7.13. The molecule has 4 nitrogen and oxygen atoms in total. The molecule has 20 heavy (non-hydrogen) atoms. The molecule has 1 N–H and O–H groups in total. The third kappa shape index (κ3) is 4.47. The summed E-state index contributed by atoms with van der Waals surface area (Å²) in [5.74, 6) is -0.205. The van der Waals surface area contributed by atoms with Crippen LogP contribution < -0.4 is 5.32 Å². The largest absolute Gasteiger partial charge is 0.466 e. The van der Waals surface area contributed by atoms with Crippen molar-refractivity contribution in [1.29, 1.82) is 0 Å². The van der Waals surface area contributed by atoms with Crippen molar-refractivity contribution in [2.75, 3.05) is 18.5 Å². The molecule has 0 bridgehead atoms. The van der Waals surface area contributed by atoms with Crippen LogP contribution in [0.5, 0.6) is 0 Å². The van der Waals surface area contributed by atoms with Crippen LogP contribution in [0.3, 0.4) is 0 Å². The second-order valence-corrected chi connectivity index (χ2v) is 6.71. The number of esters is 1. The van der Waals surface area contributed by atoms with Crippen LogP contribution in [-0.4, -0.2) is 24.1 Å². The quantitative estimate of drug-likeness (QED) is 0.814. The van der Waals surface area contributed by atoms with Gasteiger partial charge >= 0.3 is 5.97 Å². The number of thiazole rings is 1. The molecular formula is C15H24N2O2S. The highest BCUT2D eigenvalue weighted by atomic mass is 32.1. The lowest BCUT2D eigenvalue weighted by Gasteiger charge is -2.33. The fourth-order valence-electron chi connectivity index (χ4n) is 2.70. The zero-order valence-electron chi connectivity index (χ0n) is 12.4. The highest BCUT2D eigenvalue weighted by Gasteiger charge is 2.26. The van der Waals surface area contributed by atoms with E-state index >= 15 is 0 Å². The average Bonchev–Trinajstić information content (AvgIpc) is 2.85. The minimum atomic E-state index is -0.205. The number of hydrogen-bond acceptors (Lipinski definition) is 5. The highest BCUT2D eigenvalue weighted by Crippen LogP contribution is 2.36. The van der Waals surface area contributed by atoms with E-state index in [1.165, 1.54) is 32.1 Å². The van der Waals surface area contributed by atoms with Gasteiger partial charge in [-0.15, -0.1) is 11.3 Å². The summed E-state index contributed by atoms with van der Waals surface area (Å²) in [5, 5.41) is 6.28. The Morgan fingerprint density at radius 3 is 2.90 bits per heavy atom. The first kappa shape index (κ1) is 15.3. The molecule has 0 saturated heterocycles. The Labute approximate surface area is 124 Å². The molecule has 1 aromatic rings. The fourth-order valence-corrected chi connectivity index (χ4v) is 3.41. The van der Waals surface area contributed by atoms with Gasteiger partial charge < -0.3 is 10.1 Å². The maximum atomic E-state index is 11.4. The predicted octanol–water partition coefficient (Wildman–Crippen LogP) is 3.63. The van der Waals surface area contributed by atoms with Gasteiger partial charge in [-0.05, 0) is 25.2 Å². The zero-order valence-corrected chi connectivity index (χ0v) is 13.2. The van der Waals surface area contributed by atoms with E-state index in [0.29, 0.717) is 12.0 Å². The summed E-state index contributed by atoms with van der Waals surface area (Å²) in [6, 6.07) is 0. The molecule has 0 aromatic carbocycles. The maximum absolute atomic E-state index is 11.4. The molecule has 0 radical (unpaired) electrons. The van der Waals surface area contributed by atoms with Crippen LogP contribution >= 0.6 is 11.3 Å². The summed E-state index contributed by atoms with van der Waals surface area (Å²) in [5.41, 5.74) is 1.19. The van der Waals surface area contributed by atoms with Gasteiger partial charge in [-0.25, -0.2) is 4.98 Å². The Morgan fingerprint density at radius 1 is 1.45 bits per heavy atom. The van der Waals surface area contributed by atoms with Crippen molar-refractivity contribution < 1.29 is 9.53 Å². The van der Waals surface area contributed by atoms with Crippen LogP contribution in [0.15, 0.2) is 5.38 Å². The van der Waals surface area contributed by atoms with E-state index in [1.807, 2.05) is 12.3 Å². The van der Waals surface area contributed by atoms with Crippen LogP contribution in [0.1, 0.15) is 51.6 Å². The summed E-state index contributed by atoms with van der Waals surface area (Å²) < 4.78 is 4.93. The topological polar surface area (TPSA) is 51.2 Å². The van der Waals surface area contributed by atoms with Gasteiger partial charge in [0.2, 0.25) is 0 Å². The average molecular weight is 296 g/mol. The summed E-state index contributed by atoms with van der Waals surface area (Å²) in [6.45, 7) is 5.56. The molecule has 2 rings (SSSR count). The summed E-state index contributed by atoms with van der Waals surface area (Å²) in [7, 11) is 0. The van der Waals surface area contributed by atoms with Gasteiger partial charge in [-0.3, -0.25) is 4.79 Å². The normalized spacial score (nSPS) is 17.7. The SMILES string of the molecule is CCOC(=O)Cc1csc(NCC2(C)CCCCC2)n1. The zero-order chi connectivity index (χ0) is 14.4.